The number of rotatable bonds is 0. The van der Waals surface area contributed by atoms with E-state index in [1.54, 1.807) is 25.1 Å². The molecule has 0 radical (unpaired) electrons. The van der Waals surface area contributed by atoms with Gasteiger partial charge in [0.05, 0.1) is 5.52 Å². The van der Waals surface area contributed by atoms with Crippen LogP contribution in [0, 0.1) is 13.8 Å². The summed E-state index contributed by atoms with van der Waals surface area (Å²) in [5.74, 6) is 0. The largest absolute Gasteiger partial charge is 0.433 e. The number of halogens is 3. The summed E-state index contributed by atoms with van der Waals surface area (Å²) < 4.78 is 39.6. The Bertz CT molecular complexity index is 819. The molecule has 1 aromatic heterocycles. The first-order valence-corrected chi connectivity index (χ1v) is 6.25. The van der Waals surface area contributed by atoms with Crippen molar-refractivity contribution in [2.75, 3.05) is 0 Å². The summed E-state index contributed by atoms with van der Waals surface area (Å²) in [4.78, 5) is 3.89. The molecule has 0 unspecified atom stereocenters. The van der Waals surface area contributed by atoms with Crippen molar-refractivity contribution in [3.05, 3.63) is 53.2 Å². The maximum atomic E-state index is 13.2. The lowest BCUT2D eigenvalue weighted by atomic mass is 9.99. The summed E-state index contributed by atoms with van der Waals surface area (Å²) in [5.41, 5.74) is 1.38. The summed E-state index contributed by atoms with van der Waals surface area (Å²) >= 11 is 0. The Morgan fingerprint density at radius 2 is 1.55 bits per heavy atom. The highest BCUT2D eigenvalue weighted by atomic mass is 19.4. The van der Waals surface area contributed by atoms with E-state index in [2.05, 4.69) is 4.98 Å². The molecule has 3 aromatic rings. The molecule has 0 N–H and O–H groups in total. The highest BCUT2D eigenvalue weighted by Crippen LogP contribution is 2.37. The minimum Gasteiger partial charge on any atom is -0.242 e. The molecule has 20 heavy (non-hydrogen) atoms. The van der Waals surface area contributed by atoms with Gasteiger partial charge in [-0.3, -0.25) is 0 Å². The van der Waals surface area contributed by atoms with Crippen molar-refractivity contribution >= 4 is 21.7 Å². The Kier molecular flexibility index (Phi) is 2.71. The Hall–Kier alpha value is -2.10. The Labute approximate surface area is 114 Å². The molecule has 2 aromatic carbocycles. The van der Waals surface area contributed by atoms with Crippen molar-refractivity contribution < 1.29 is 13.2 Å². The molecular formula is C16H12F3N. The Morgan fingerprint density at radius 1 is 0.900 bits per heavy atom. The molecule has 1 nitrogen and oxygen atoms in total. The quantitative estimate of drug-likeness (QED) is 0.525. The van der Waals surface area contributed by atoms with Crippen LogP contribution in [-0.4, -0.2) is 4.98 Å². The van der Waals surface area contributed by atoms with Gasteiger partial charge in [0.2, 0.25) is 0 Å². The first-order chi connectivity index (χ1) is 9.38. The van der Waals surface area contributed by atoms with Gasteiger partial charge in [-0.2, -0.15) is 13.2 Å². The summed E-state index contributed by atoms with van der Waals surface area (Å²) in [6.07, 6.45) is -4.45. The van der Waals surface area contributed by atoms with Crippen LogP contribution < -0.4 is 0 Å². The van der Waals surface area contributed by atoms with Crippen LogP contribution in [0.1, 0.15) is 16.8 Å². The number of benzene rings is 2. The minimum absolute atomic E-state index is 0.150. The van der Waals surface area contributed by atoms with Gasteiger partial charge < -0.3 is 0 Å². The van der Waals surface area contributed by atoms with Gasteiger partial charge in [0.25, 0.3) is 0 Å². The maximum absolute atomic E-state index is 13.2. The highest BCUT2D eigenvalue weighted by molar-refractivity contribution is 6.07. The predicted octanol–water partition coefficient (Wildman–Crippen LogP) is 5.02. The SMILES string of the molecule is Cc1cc(C)c2nc(C(F)(F)F)c3ccccc3c2c1. The molecule has 0 saturated carbocycles. The number of pyridine rings is 1. The van der Waals surface area contributed by atoms with E-state index in [9.17, 15) is 13.2 Å². The van der Waals surface area contributed by atoms with E-state index >= 15 is 0 Å². The number of aromatic nitrogens is 1. The predicted molar refractivity (Wildman–Crippen MR) is 73.7 cm³/mol. The van der Waals surface area contributed by atoms with Crippen LogP contribution in [0.25, 0.3) is 21.7 Å². The molecule has 0 fully saturated rings. The second kappa shape index (κ2) is 4.20. The lowest BCUT2D eigenvalue weighted by Gasteiger charge is -2.13. The molecule has 0 spiro atoms. The van der Waals surface area contributed by atoms with E-state index in [0.29, 0.717) is 10.9 Å². The van der Waals surface area contributed by atoms with Crippen molar-refractivity contribution in [2.45, 2.75) is 20.0 Å². The third-order valence-electron chi connectivity index (χ3n) is 3.41. The summed E-state index contributed by atoms with van der Waals surface area (Å²) in [6.45, 7) is 3.72. The van der Waals surface area contributed by atoms with Gasteiger partial charge in [0.15, 0.2) is 5.69 Å². The van der Waals surface area contributed by atoms with Gasteiger partial charge in [-0.1, -0.05) is 35.9 Å². The number of aryl methyl sites for hydroxylation is 2. The molecule has 102 valence electrons. The van der Waals surface area contributed by atoms with Gasteiger partial charge in [-0.15, -0.1) is 0 Å². The molecule has 1 heterocycles. The van der Waals surface area contributed by atoms with Gasteiger partial charge in [-0.25, -0.2) is 4.98 Å². The van der Waals surface area contributed by atoms with Gasteiger partial charge >= 0.3 is 6.18 Å². The molecule has 0 amide bonds. The Morgan fingerprint density at radius 3 is 2.20 bits per heavy atom. The van der Waals surface area contributed by atoms with Gasteiger partial charge in [0.1, 0.15) is 0 Å². The van der Waals surface area contributed by atoms with Crippen molar-refractivity contribution in [2.24, 2.45) is 0 Å². The van der Waals surface area contributed by atoms with Crippen LogP contribution in [0.4, 0.5) is 13.2 Å². The number of nitrogens with zero attached hydrogens (tertiary/aromatic N) is 1. The van der Waals surface area contributed by atoms with Crippen LogP contribution in [0.15, 0.2) is 36.4 Å². The number of hydrogen-bond acceptors (Lipinski definition) is 1. The zero-order chi connectivity index (χ0) is 14.5. The first-order valence-electron chi connectivity index (χ1n) is 6.25. The topological polar surface area (TPSA) is 12.9 Å². The standard InChI is InChI=1S/C16H12F3N/c1-9-7-10(2)14-13(8-9)11-5-3-4-6-12(11)15(20-14)16(17,18)19/h3-8H,1-2H3. The summed E-state index contributed by atoms with van der Waals surface area (Å²) in [5, 5.41) is 1.51. The number of fused-ring (bicyclic) bond motifs is 3. The summed E-state index contributed by atoms with van der Waals surface area (Å²) in [7, 11) is 0. The van der Waals surface area contributed by atoms with Crippen LogP contribution in [0.5, 0.6) is 0 Å². The van der Waals surface area contributed by atoms with Crippen molar-refractivity contribution in [1.29, 1.82) is 0 Å². The Balaban J connectivity index is 2.59. The van der Waals surface area contributed by atoms with E-state index in [-0.39, 0.29) is 5.39 Å². The maximum Gasteiger partial charge on any atom is 0.433 e. The fourth-order valence-electron chi connectivity index (χ4n) is 2.63. The monoisotopic (exact) mass is 275 g/mol. The minimum atomic E-state index is -4.45. The molecular weight excluding hydrogens is 263 g/mol. The fraction of sp³-hybridized carbons (Fsp3) is 0.188. The molecule has 0 saturated heterocycles. The molecule has 0 aliphatic carbocycles. The lowest BCUT2D eigenvalue weighted by molar-refractivity contribution is -0.139. The fourth-order valence-corrected chi connectivity index (χ4v) is 2.63. The zero-order valence-electron chi connectivity index (χ0n) is 11.0. The van der Waals surface area contributed by atoms with Gasteiger partial charge in [-0.05, 0) is 30.9 Å². The van der Waals surface area contributed by atoms with Crippen LogP contribution in [0.3, 0.4) is 0 Å². The van der Waals surface area contributed by atoms with E-state index in [1.807, 2.05) is 19.1 Å². The van der Waals surface area contributed by atoms with E-state index < -0.39 is 11.9 Å². The van der Waals surface area contributed by atoms with Crippen LogP contribution in [-0.2, 0) is 6.18 Å². The summed E-state index contributed by atoms with van der Waals surface area (Å²) in [6, 6.07) is 10.3. The first kappa shape index (κ1) is 12.9. The average Bonchev–Trinajstić information content (AvgIpc) is 2.36. The normalized spacial score (nSPS) is 12.2. The molecule has 4 heteroatoms. The molecule has 3 rings (SSSR count). The van der Waals surface area contributed by atoms with Gasteiger partial charge in [0, 0.05) is 10.8 Å². The van der Waals surface area contributed by atoms with Crippen molar-refractivity contribution in [3.63, 3.8) is 0 Å². The third-order valence-corrected chi connectivity index (χ3v) is 3.41. The number of alkyl halides is 3. The second-order valence-electron chi connectivity index (χ2n) is 4.98. The molecule has 0 aliphatic rings. The third kappa shape index (κ3) is 1.92. The van der Waals surface area contributed by atoms with Crippen LogP contribution in [0.2, 0.25) is 0 Å². The van der Waals surface area contributed by atoms with E-state index in [0.717, 1.165) is 16.5 Å². The zero-order valence-corrected chi connectivity index (χ0v) is 11.0. The average molecular weight is 275 g/mol. The van der Waals surface area contributed by atoms with E-state index in [4.69, 9.17) is 0 Å². The lowest BCUT2D eigenvalue weighted by Crippen LogP contribution is -2.09. The van der Waals surface area contributed by atoms with Crippen molar-refractivity contribution in [3.8, 4) is 0 Å². The van der Waals surface area contributed by atoms with Crippen molar-refractivity contribution in [1.82, 2.24) is 4.98 Å². The molecule has 0 aliphatic heterocycles. The molecule has 0 atom stereocenters. The second-order valence-corrected chi connectivity index (χ2v) is 4.98. The highest BCUT2D eigenvalue weighted by Gasteiger charge is 2.35. The number of hydrogen-bond donors (Lipinski definition) is 0. The molecule has 0 bridgehead atoms. The van der Waals surface area contributed by atoms with E-state index in [1.165, 1.54) is 6.07 Å². The smallest absolute Gasteiger partial charge is 0.242 e. The van der Waals surface area contributed by atoms with Crippen LogP contribution >= 0.6 is 0 Å².